The van der Waals surface area contributed by atoms with Crippen LogP contribution in [0.15, 0.2) is 39.5 Å². The maximum Gasteiger partial charge on any atom is 0.216 e. The Morgan fingerprint density at radius 2 is 1.85 bits per heavy atom. The molecular formula is C14H15Br2N3O. The molecule has 0 spiro atoms. The van der Waals surface area contributed by atoms with Crippen molar-refractivity contribution in [2.24, 2.45) is 0 Å². The molecule has 6 heteroatoms. The molecule has 0 aliphatic heterocycles. The van der Waals surface area contributed by atoms with E-state index in [1.807, 2.05) is 19.2 Å². The average molecular weight is 401 g/mol. The first kappa shape index (κ1) is 15.4. The largest absolute Gasteiger partial charge is 0.481 e. The van der Waals surface area contributed by atoms with E-state index in [9.17, 15) is 0 Å². The van der Waals surface area contributed by atoms with Crippen LogP contribution in [0, 0.1) is 0 Å². The first-order chi connectivity index (χ1) is 9.62. The van der Waals surface area contributed by atoms with Crippen molar-refractivity contribution in [2.75, 3.05) is 14.2 Å². The van der Waals surface area contributed by atoms with E-state index < -0.39 is 0 Å². The van der Waals surface area contributed by atoms with Gasteiger partial charge in [0.1, 0.15) is 6.33 Å². The van der Waals surface area contributed by atoms with E-state index in [0.717, 1.165) is 21.1 Å². The summed E-state index contributed by atoms with van der Waals surface area (Å²) < 4.78 is 7.22. The number of likely N-dealkylation sites (N-methyl/N-ethyl adjacent to an activating group) is 1. The van der Waals surface area contributed by atoms with Gasteiger partial charge in [-0.2, -0.15) is 0 Å². The molecule has 0 radical (unpaired) electrons. The first-order valence-electron chi connectivity index (χ1n) is 6.10. The van der Waals surface area contributed by atoms with Gasteiger partial charge in [0.25, 0.3) is 0 Å². The number of nitrogens with one attached hydrogen (secondary N) is 1. The number of hydrogen-bond donors (Lipinski definition) is 1. The number of methoxy groups -OCH3 is 1. The van der Waals surface area contributed by atoms with Gasteiger partial charge in [0.15, 0.2) is 0 Å². The second-order valence-corrected chi connectivity index (χ2v) is 6.13. The van der Waals surface area contributed by atoms with Gasteiger partial charge in [-0.1, -0.05) is 31.9 Å². The Balaban J connectivity index is 2.23. The Hall–Kier alpha value is -0.980. The van der Waals surface area contributed by atoms with Crippen LogP contribution in [0.3, 0.4) is 0 Å². The minimum Gasteiger partial charge on any atom is -0.481 e. The zero-order chi connectivity index (χ0) is 14.5. The Morgan fingerprint density at radius 3 is 2.45 bits per heavy atom. The summed E-state index contributed by atoms with van der Waals surface area (Å²) in [4.78, 5) is 8.31. The van der Waals surface area contributed by atoms with Crippen LogP contribution in [-0.2, 0) is 6.42 Å². The molecule has 2 rings (SSSR count). The fourth-order valence-corrected chi connectivity index (χ4v) is 3.30. The van der Waals surface area contributed by atoms with Crippen molar-refractivity contribution in [3.63, 3.8) is 0 Å². The number of halogens is 2. The first-order valence-corrected chi connectivity index (χ1v) is 7.69. The van der Waals surface area contributed by atoms with Gasteiger partial charge in [-0.25, -0.2) is 9.97 Å². The Labute approximate surface area is 135 Å². The highest BCUT2D eigenvalue weighted by atomic mass is 79.9. The molecule has 2 aromatic rings. The van der Waals surface area contributed by atoms with Crippen molar-refractivity contribution in [2.45, 2.75) is 12.5 Å². The van der Waals surface area contributed by atoms with E-state index in [-0.39, 0.29) is 6.04 Å². The van der Waals surface area contributed by atoms with Crippen molar-refractivity contribution in [3.05, 3.63) is 50.8 Å². The molecule has 1 unspecified atom stereocenters. The number of hydrogen-bond acceptors (Lipinski definition) is 4. The smallest absolute Gasteiger partial charge is 0.216 e. The lowest BCUT2D eigenvalue weighted by Crippen LogP contribution is -2.19. The Bertz CT molecular complexity index is 572. The number of rotatable bonds is 5. The maximum absolute atomic E-state index is 5.13. The topological polar surface area (TPSA) is 47.0 Å². The minimum absolute atomic E-state index is 0.170. The van der Waals surface area contributed by atoms with E-state index in [0.29, 0.717) is 5.88 Å². The Morgan fingerprint density at radius 1 is 1.15 bits per heavy atom. The number of aromatic nitrogens is 2. The highest BCUT2D eigenvalue weighted by molar-refractivity contribution is 9.11. The lowest BCUT2D eigenvalue weighted by molar-refractivity contribution is 0.395. The van der Waals surface area contributed by atoms with Gasteiger partial charge in [0.2, 0.25) is 5.88 Å². The van der Waals surface area contributed by atoms with Crippen molar-refractivity contribution in [1.29, 1.82) is 0 Å². The lowest BCUT2D eigenvalue weighted by atomic mass is 10.0. The van der Waals surface area contributed by atoms with Crippen LogP contribution in [0.1, 0.15) is 17.3 Å². The fraction of sp³-hybridized carbons (Fsp3) is 0.286. The van der Waals surface area contributed by atoms with Crippen LogP contribution in [0.4, 0.5) is 0 Å². The third-order valence-corrected chi connectivity index (χ3v) is 3.87. The molecular weight excluding hydrogens is 386 g/mol. The third kappa shape index (κ3) is 4.01. The normalized spacial score (nSPS) is 12.2. The standard InChI is InChI=1S/C14H15Br2N3O/c1-17-13(9-3-10(15)5-11(16)4-9)6-12-7-14(20-2)19-8-18-12/h3-5,7-8,13,17H,6H2,1-2H3. The molecule has 1 N–H and O–H groups in total. The highest BCUT2D eigenvalue weighted by Gasteiger charge is 2.13. The number of nitrogens with zero attached hydrogens (tertiary/aromatic N) is 2. The monoisotopic (exact) mass is 399 g/mol. The van der Waals surface area contributed by atoms with E-state index in [4.69, 9.17) is 4.74 Å². The molecule has 0 amide bonds. The van der Waals surface area contributed by atoms with Crippen LogP contribution in [0.5, 0.6) is 5.88 Å². The van der Waals surface area contributed by atoms with Gasteiger partial charge >= 0.3 is 0 Å². The summed E-state index contributed by atoms with van der Waals surface area (Å²) in [6.07, 6.45) is 2.29. The molecule has 0 saturated heterocycles. The minimum atomic E-state index is 0.170. The van der Waals surface area contributed by atoms with Crippen LogP contribution in [0.2, 0.25) is 0 Å². The SMILES string of the molecule is CNC(Cc1cc(OC)ncn1)c1cc(Br)cc(Br)c1. The van der Waals surface area contributed by atoms with Crippen LogP contribution in [-0.4, -0.2) is 24.1 Å². The molecule has 1 aromatic carbocycles. The van der Waals surface area contributed by atoms with Crippen LogP contribution < -0.4 is 10.1 Å². The predicted octanol–water partition coefficient (Wildman–Crippen LogP) is 3.51. The van der Waals surface area contributed by atoms with Gasteiger partial charge in [-0.3, -0.25) is 0 Å². The molecule has 0 aliphatic rings. The van der Waals surface area contributed by atoms with Crippen LogP contribution in [0.25, 0.3) is 0 Å². The maximum atomic E-state index is 5.13. The van der Waals surface area contributed by atoms with Crippen LogP contribution >= 0.6 is 31.9 Å². The predicted molar refractivity (Wildman–Crippen MR) is 85.9 cm³/mol. The molecule has 1 aromatic heterocycles. The zero-order valence-electron chi connectivity index (χ0n) is 11.2. The summed E-state index contributed by atoms with van der Waals surface area (Å²) in [5, 5.41) is 3.32. The van der Waals surface area contributed by atoms with Crippen molar-refractivity contribution in [3.8, 4) is 5.88 Å². The van der Waals surface area contributed by atoms with Gasteiger partial charge in [-0.05, 0) is 30.8 Å². The van der Waals surface area contributed by atoms with Gasteiger partial charge in [0.05, 0.1) is 7.11 Å². The lowest BCUT2D eigenvalue weighted by Gasteiger charge is -2.17. The van der Waals surface area contributed by atoms with Gasteiger partial charge in [-0.15, -0.1) is 0 Å². The molecule has 20 heavy (non-hydrogen) atoms. The average Bonchev–Trinajstić information content (AvgIpc) is 2.44. The summed E-state index contributed by atoms with van der Waals surface area (Å²) in [6, 6.07) is 8.25. The van der Waals surface area contributed by atoms with Crippen molar-refractivity contribution in [1.82, 2.24) is 15.3 Å². The van der Waals surface area contributed by atoms with E-state index >= 15 is 0 Å². The summed E-state index contributed by atoms with van der Waals surface area (Å²) in [5.74, 6) is 0.584. The molecule has 0 bridgehead atoms. The molecule has 1 heterocycles. The highest BCUT2D eigenvalue weighted by Crippen LogP contribution is 2.26. The van der Waals surface area contributed by atoms with Crippen molar-refractivity contribution < 1.29 is 4.74 Å². The van der Waals surface area contributed by atoms with E-state index in [2.05, 4.69) is 59.3 Å². The summed E-state index contributed by atoms with van der Waals surface area (Å²) in [5.41, 5.74) is 2.12. The fourth-order valence-electron chi connectivity index (χ4n) is 1.97. The van der Waals surface area contributed by atoms with Gasteiger partial charge in [0, 0.05) is 33.2 Å². The second kappa shape index (κ2) is 7.15. The summed E-state index contributed by atoms with van der Waals surface area (Å²) >= 11 is 7.03. The van der Waals surface area contributed by atoms with Crippen molar-refractivity contribution >= 4 is 31.9 Å². The number of ether oxygens (including phenoxy) is 1. The summed E-state index contributed by atoms with van der Waals surface area (Å²) in [7, 11) is 3.55. The van der Waals surface area contributed by atoms with E-state index in [1.54, 1.807) is 7.11 Å². The van der Waals surface area contributed by atoms with Gasteiger partial charge < -0.3 is 10.1 Å². The van der Waals surface area contributed by atoms with E-state index in [1.165, 1.54) is 11.9 Å². The second-order valence-electron chi connectivity index (χ2n) is 4.30. The molecule has 4 nitrogen and oxygen atoms in total. The Kier molecular flexibility index (Phi) is 5.51. The molecule has 106 valence electrons. The quantitative estimate of drug-likeness (QED) is 0.834. The summed E-state index contributed by atoms with van der Waals surface area (Å²) in [6.45, 7) is 0. The third-order valence-electron chi connectivity index (χ3n) is 2.96. The zero-order valence-corrected chi connectivity index (χ0v) is 14.4. The molecule has 0 fully saturated rings. The number of benzene rings is 1. The molecule has 0 saturated carbocycles. The molecule has 1 atom stereocenters. The molecule has 0 aliphatic carbocycles.